The van der Waals surface area contributed by atoms with Gasteiger partial charge in [-0.2, -0.15) is 5.10 Å². The molecule has 23 heavy (non-hydrogen) atoms. The van der Waals surface area contributed by atoms with E-state index in [4.69, 9.17) is 0 Å². The highest BCUT2D eigenvalue weighted by Gasteiger charge is 2.19. The third-order valence-corrected chi connectivity index (χ3v) is 3.55. The second-order valence-corrected chi connectivity index (χ2v) is 5.18. The molecule has 1 aromatic carbocycles. The Kier molecular flexibility index (Phi) is 4.18. The first-order valence-corrected chi connectivity index (χ1v) is 7.44. The van der Waals surface area contributed by atoms with Crippen molar-refractivity contribution in [3.8, 4) is 5.69 Å². The van der Waals surface area contributed by atoms with Crippen LogP contribution in [-0.4, -0.2) is 36.9 Å². The molecule has 2 aromatic heterocycles. The molecule has 118 valence electrons. The third-order valence-electron chi connectivity index (χ3n) is 3.55. The van der Waals surface area contributed by atoms with Gasteiger partial charge in [-0.15, -0.1) is 0 Å². The topological polar surface area (TPSA) is 92.9 Å². The minimum atomic E-state index is -0.894. The summed E-state index contributed by atoms with van der Waals surface area (Å²) in [5.41, 5.74) is 1.52. The highest BCUT2D eigenvalue weighted by molar-refractivity contribution is 5.89. The average molecular weight is 311 g/mol. The smallest absolute Gasteiger partial charge is 0.326 e. The molecular weight excluding hydrogens is 294 g/mol. The molecule has 2 N–H and O–H groups in total. The van der Waals surface area contributed by atoms with E-state index in [0.717, 1.165) is 12.1 Å². The van der Waals surface area contributed by atoms with Gasteiger partial charge in [-0.05, 0) is 18.6 Å². The second-order valence-electron chi connectivity index (χ2n) is 5.18. The first-order chi connectivity index (χ1) is 11.2. The number of nitrogens with one attached hydrogen (secondary N) is 1. The van der Waals surface area contributed by atoms with Gasteiger partial charge in [-0.1, -0.05) is 31.5 Å². The zero-order valence-corrected chi connectivity index (χ0v) is 12.7. The van der Waals surface area contributed by atoms with Gasteiger partial charge in [0.25, 0.3) is 0 Å². The summed E-state index contributed by atoms with van der Waals surface area (Å²) < 4.78 is 1.71. The van der Waals surface area contributed by atoms with Gasteiger partial charge in [0.05, 0.1) is 17.3 Å². The molecular formula is C16H17N5O2. The van der Waals surface area contributed by atoms with E-state index in [2.05, 4.69) is 20.4 Å². The van der Waals surface area contributed by atoms with E-state index in [0.29, 0.717) is 23.3 Å². The molecule has 2 heterocycles. The van der Waals surface area contributed by atoms with Gasteiger partial charge in [0, 0.05) is 0 Å². The number of benzene rings is 1. The maximum absolute atomic E-state index is 11.3. The van der Waals surface area contributed by atoms with E-state index in [-0.39, 0.29) is 0 Å². The predicted octanol–water partition coefficient (Wildman–Crippen LogP) is 2.48. The lowest BCUT2D eigenvalue weighted by Crippen LogP contribution is -2.29. The molecule has 0 bridgehead atoms. The normalized spacial score (nSPS) is 12.2. The Labute approximate surface area is 133 Å². The van der Waals surface area contributed by atoms with Crippen LogP contribution < -0.4 is 5.32 Å². The fourth-order valence-electron chi connectivity index (χ4n) is 2.43. The van der Waals surface area contributed by atoms with Crippen molar-refractivity contribution in [2.24, 2.45) is 0 Å². The monoisotopic (exact) mass is 311 g/mol. The summed E-state index contributed by atoms with van der Waals surface area (Å²) in [7, 11) is 0. The number of anilines is 1. The molecule has 0 spiro atoms. The molecule has 0 saturated carbocycles. The molecule has 1 unspecified atom stereocenters. The van der Waals surface area contributed by atoms with Crippen LogP contribution in [0.2, 0.25) is 0 Å². The summed E-state index contributed by atoms with van der Waals surface area (Å²) >= 11 is 0. The van der Waals surface area contributed by atoms with Crippen molar-refractivity contribution in [1.29, 1.82) is 0 Å². The van der Waals surface area contributed by atoms with E-state index in [1.807, 2.05) is 37.3 Å². The van der Waals surface area contributed by atoms with E-state index in [9.17, 15) is 9.90 Å². The number of hydrogen-bond donors (Lipinski definition) is 2. The number of carboxylic acid groups (broad SMARTS) is 1. The van der Waals surface area contributed by atoms with E-state index >= 15 is 0 Å². The van der Waals surface area contributed by atoms with Gasteiger partial charge in [0.15, 0.2) is 5.65 Å². The number of aliphatic carboxylic acids is 1. The van der Waals surface area contributed by atoms with E-state index in [1.165, 1.54) is 6.33 Å². The molecule has 0 amide bonds. The van der Waals surface area contributed by atoms with Crippen LogP contribution in [0.3, 0.4) is 0 Å². The summed E-state index contributed by atoms with van der Waals surface area (Å²) in [6, 6.07) is 8.95. The molecule has 7 heteroatoms. The summed E-state index contributed by atoms with van der Waals surface area (Å²) in [6.07, 6.45) is 4.35. The van der Waals surface area contributed by atoms with Crippen LogP contribution >= 0.6 is 0 Å². The zero-order chi connectivity index (χ0) is 16.2. The molecule has 0 aliphatic heterocycles. The Morgan fingerprint density at radius 3 is 2.78 bits per heavy atom. The molecule has 0 aliphatic carbocycles. The molecule has 3 aromatic rings. The standard InChI is InChI=1S/C16H17N5O2/c1-2-6-13(16(22)23)20-14-12-9-19-21(15(12)18-10-17-14)11-7-4-3-5-8-11/h3-5,7-10,13H,2,6H2,1H3,(H,22,23)(H,17,18,20). The summed E-state index contributed by atoms with van der Waals surface area (Å²) in [5.74, 6) is -0.410. The molecule has 0 aliphatic rings. The van der Waals surface area contributed by atoms with Crippen LogP contribution in [0.25, 0.3) is 16.7 Å². The van der Waals surface area contributed by atoms with Crippen LogP contribution in [0.1, 0.15) is 19.8 Å². The lowest BCUT2D eigenvalue weighted by Gasteiger charge is -2.14. The number of aromatic nitrogens is 4. The second kappa shape index (κ2) is 6.43. The Morgan fingerprint density at radius 1 is 1.30 bits per heavy atom. The van der Waals surface area contributed by atoms with Crippen molar-refractivity contribution >= 4 is 22.8 Å². The SMILES string of the molecule is CCCC(Nc1ncnc2c1cnn2-c1ccccc1)C(=O)O. The molecule has 0 fully saturated rings. The fourth-order valence-corrected chi connectivity index (χ4v) is 2.43. The molecule has 0 saturated heterocycles. The van der Waals surface area contributed by atoms with Gasteiger partial charge >= 0.3 is 5.97 Å². The Hall–Kier alpha value is -2.96. The summed E-state index contributed by atoms with van der Waals surface area (Å²) in [6.45, 7) is 1.95. The number of carbonyl (C=O) groups is 1. The maximum Gasteiger partial charge on any atom is 0.326 e. The highest BCUT2D eigenvalue weighted by Crippen LogP contribution is 2.22. The van der Waals surface area contributed by atoms with Gasteiger partial charge in [0.2, 0.25) is 0 Å². The van der Waals surface area contributed by atoms with Crippen molar-refractivity contribution in [3.05, 3.63) is 42.9 Å². The number of nitrogens with zero attached hydrogens (tertiary/aromatic N) is 4. The van der Waals surface area contributed by atoms with E-state index < -0.39 is 12.0 Å². The quantitative estimate of drug-likeness (QED) is 0.726. The third kappa shape index (κ3) is 2.98. The largest absolute Gasteiger partial charge is 0.480 e. The maximum atomic E-state index is 11.3. The fraction of sp³-hybridized carbons (Fsp3) is 0.250. The van der Waals surface area contributed by atoms with Crippen molar-refractivity contribution in [2.75, 3.05) is 5.32 Å². The van der Waals surface area contributed by atoms with Crippen molar-refractivity contribution < 1.29 is 9.90 Å². The van der Waals surface area contributed by atoms with Crippen LogP contribution in [-0.2, 0) is 4.79 Å². The summed E-state index contributed by atoms with van der Waals surface area (Å²) in [4.78, 5) is 19.8. The van der Waals surface area contributed by atoms with Crippen molar-refractivity contribution in [2.45, 2.75) is 25.8 Å². The van der Waals surface area contributed by atoms with Crippen molar-refractivity contribution in [1.82, 2.24) is 19.7 Å². The van der Waals surface area contributed by atoms with Gasteiger partial charge in [-0.3, -0.25) is 0 Å². The van der Waals surface area contributed by atoms with Crippen LogP contribution in [0, 0.1) is 0 Å². The van der Waals surface area contributed by atoms with Gasteiger partial charge < -0.3 is 10.4 Å². The highest BCUT2D eigenvalue weighted by atomic mass is 16.4. The number of carboxylic acids is 1. The van der Waals surface area contributed by atoms with Crippen molar-refractivity contribution in [3.63, 3.8) is 0 Å². The molecule has 3 rings (SSSR count). The lowest BCUT2D eigenvalue weighted by molar-refractivity contribution is -0.138. The first kappa shape index (κ1) is 15.0. The Balaban J connectivity index is 2.00. The Bertz CT molecular complexity index is 816. The van der Waals surface area contributed by atoms with Crippen LogP contribution in [0.4, 0.5) is 5.82 Å². The van der Waals surface area contributed by atoms with Gasteiger partial charge in [-0.25, -0.2) is 19.4 Å². The number of para-hydroxylation sites is 1. The molecule has 7 nitrogen and oxygen atoms in total. The zero-order valence-electron chi connectivity index (χ0n) is 12.7. The lowest BCUT2D eigenvalue weighted by atomic mass is 10.1. The predicted molar refractivity (Wildman–Crippen MR) is 86.6 cm³/mol. The minimum absolute atomic E-state index is 0.484. The number of rotatable bonds is 6. The van der Waals surface area contributed by atoms with Crippen LogP contribution in [0.15, 0.2) is 42.9 Å². The van der Waals surface area contributed by atoms with Gasteiger partial charge in [0.1, 0.15) is 18.2 Å². The molecule has 0 radical (unpaired) electrons. The Morgan fingerprint density at radius 2 is 2.09 bits per heavy atom. The molecule has 1 atom stereocenters. The number of hydrogen-bond acceptors (Lipinski definition) is 5. The summed E-state index contributed by atoms with van der Waals surface area (Å²) in [5, 5.41) is 17.3. The first-order valence-electron chi connectivity index (χ1n) is 7.44. The van der Waals surface area contributed by atoms with Crippen LogP contribution in [0.5, 0.6) is 0 Å². The number of fused-ring (bicyclic) bond motifs is 1. The average Bonchev–Trinajstić information content (AvgIpc) is 3.00. The van der Waals surface area contributed by atoms with E-state index in [1.54, 1.807) is 10.9 Å². The minimum Gasteiger partial charge on any atom is -0.480 e.